The minimum atomic E-state index is -0.883. The molecule has 0 aliphatic rings. The van der Waals surface area contributed by atoms with Crippen molar-refractivity contribution in [1.29, 1.82) is 0 Å². The molecule has 7 heteroatoms. The second-order valence-electron chi connectivity index (χ2n) is 7.50. The molecule has 4 aromatic rings. The maximum atomic E-state index is 11.5. The van der Waals surface area contributed by atoms with Crippen molar-refractivity contribution < 1.29 is 38.8 Å². The van der Waals surface area contributed by atoms with Crippen molar-refractivity contribution in [3.63, 3.8) is 0 Å². The van der Waals surface area contributed by atoms with Crippen LogP contribution in [0.2, 0.25) is 0 Å². The summed E-state index contributed by atoms with van der Waals surface area (Å²) in [5.74, 6) is -0.143. The summed E-state index contributed by atoms with van der Waals surface area (Å²) < 4.78 is 11.5. The minimum Gasteiger partial charge on any atom is -0.493 e. The summed E-state index contributed by atoms with van der Waals surface area (Å²) in [6.45, 7) is 4.98. The van der Waals surface area contributed by atoms with E-state index in [4.69, 9.17) is 9.26 Å². The number of nitrogens with zero attached hydrogens (tertiary/aromatic N) is 2. The number of hydrogen-bond donors (Lipinski definition) is 0. The molecule has 0 aliphatic carbocycles. The van der Waals surface area contributed by atoms with Gasteiger partial charge in [0.15, 0.2) is 5.69 Å². The van der Waals surface area contributed by atoms with E-state index in [1.54, 1.807) is 0 Å². The van der Waals surface area contributed by atoms with Crippen LogP contribution in [0.3, 0.4) is 0 Å². The Labute approximate surface area is 208 Å². The molecular formula is C25H23N2NaO4. The molecule has 0 atom stereocenters. The van der Waals surface area contributed by atoms with Crippen molar-refractivity contribution in [2.75, 3.05) is 6.61 Å². The average Bonchev–Trinajstić information content (AvgIpc) is 3.06. The largest absolute Gasteiger partial charge is 1.00 e. The van der Waals surface area contributed by atoms with Crippen molar-refractivity contribution in [3.05, 3.63) is 110 Å². The van der Waals surface area contributed by atoms with Crippen LogP contribution in [0.15, 0.2) is 80.8 Å². The van der Waals surface area contributed by atoms with Gasteiger partial charge in [-0.15, -0.1) is 0 Å². The molecule has 158 valence electrons. The normalized spacial score (nSPS) is 10.6. The Balaban J connectivity index is 0.00000289. The molecule has 0 unspecified atom stereocenters. The maximum absolute atomic E-state index is 11.5. The van der Waals surface area contributed by atoms with E-state index in [1.165, 1.54) is 27.8 Å². The molecule has 1 aromatic heterocycles. The molecule has 0 bridgehead atoms. The number of rotatable bonds is 7. The van der Waals surface area contributed by atoms with Crippen LogP contribution in [0.1, 0.15) is 22.3 Å². The fourth-order valence-electron chi connectivity index (χ4n) is 3.68. The van der Waals surface area contributed by atoms with Gasteiger partial charge in [-0.05, 0) is 59.4 Å². The Bertz CT molecular complexity index is 1280. The molecule has 0 saturated heterocycles. The van der Waals surface area contributed by atoms with Crippen molar-refractivity contribution in [3.8, 4) is 16.9 Å². The summed E-state index contributed by atoms with van der Waals surface area (Å²) in [4.78, 5) is 25.7. The van der Waals surface area contributed by atoms with E-state index in [1.807, 2.05) is 24.3 Å². The zero-order valence-electron chi connectivity index (χ0n) is 18.5. The van der Waals surface area contributed by atoms with E-state index in [9.17, 15) is 9.59 Å². The smallest absolute Gasteiger partial charge is 0.493 e. The van der Waals surface area contributed by atoms with Gasteiger partial charge in [-0.25, -0.2) is 4.79 Å². The molecule has 4 rings (SSSR count). The van der Waals surface area contributed by atoms with Crippen LogP contribution in [-0.2, 0) is 13.0 Å². The predicted molar refractivity (Wildman–Crippen MR) is 119 cm³/mol. The molecule has 0 saturated carbocycles. The first-order valence-corrected chi connectivity index (χ1v) is 10.1. The van der Waals surface area contributed by atoms with Gasteiger partial charge in [0.05, 0.1) is 6.61 Å². The van der Waals surface area contributed by atoms with E-state index in [2.05, 4.69) is 61.3 Å². The summed E-state index contributed by atoms with van der Waals surface area (Å²) in [5.41, 5.74) is 6.40. The fourth-order valence-corrected chi connectivity index (χ4v) is 3.68. The quantitative estimate of drug-likeness (QED) is 0.398. The Hall–Kier alpha value is -2.80. The Kier molecular flexibility index (Phi) is 7.96. The Morgan fingerprint density at radius 1 is 0.906 bits per heavy atom. The fraction of sp³-hybridized carbons (Fsp3) is 0.200. The monoisotopic (exact) mass is 438 g/mol. The third-order valence-electron chi connectivity index (χ3n) is 5.19. The summed E-state index contributed by atoms with van der Waals surface area (Å²) in [7, 11) is 0. The zero-order chi connectivity index (χ0) is 21.8. The Morgan fingerprint density at radius 2 is 1.59 bits per heavy atom. The summed E-state index contributed by atoms with van der Waals surface area (Å²) in [5, 5.41) is 0. The third-order valence-corrected chi connectivity index (χ3v) is 5.19. The first-order valence-electron chi connectivity index (χ1n) is 10.1. The predicted octanol–water partition coefficient (Wildman–Crippen LogP) is 0.716. The van der Waals surface area contributed by atoms with Crippen LogP contribution >= 0.6 is 0 Å². The van der Waals surface area contributed by atoms with Crippen LogP contribution in [0.4, 0.5) is 0 Å². The third kappa shape index (κ3) is 5.71. The molecule has 0 spiro atoms. The number of ether oxygens (including phenoxy) is 1. The van der Waals surface area contributed by atoms with Gasteiger partial charge in [-0.3, -0.25) is 9.53 Å². The van der Waals surface area contributed by atoms with Crippen LogP contribution < -0.4 is 50.7 Å². The summed E-state index contributed by atoms with van der Waals surface area (Å²) in [6, 6.07) is 22.3. The summed E-state index contributed by atoms with van der Waals surface area (Å²) in [6.07, 6.45) is 0.792. The first kappa shape index (κ1) is 23.9. The van der Waals surface area contributed by atoms with Gasteiger partial charge in [0.25, 0.3) is 0 Å². The number of aryl methyl sites for hydroxylation is 2. The molecule has 0 radical (unpaired) electrons. The van der Waals surface area contributed by atoms with Gasteiger partial charge in [-0.2, -0.15) is 0 Å². The Morgan fingerprint density at radius 3 is 2.25 bits per heavy atom. The van der Waals surface area contributed by atoms with Crippen LogP contribution in [0.5, 0.6) is 5.75 Å². The second kappa shape index (κ2) is 10.7. The van der Waals surface area contributed by atoms with Gasteiger partial charge < -0.3 is 14.2 Å². The van der Waals surface area contributed by atoms with Crippen LogP contribution in [0, 0.1) is 13.8 Å². The molecule has 6 nitrogen and oxygen atoms in total. The maximum Gasteiger partial charge on any atom is 1.00 e. The molecule has 0 amide bonds. The van der Waals surface area contributed by atoms with E-state index in [0.717, 1.165) is 22.5 Å². The SMILES string of the molecule is Cc1cccc(C)c1-c1cccc(CCOc2ccc(Cn3oc(=O)[n-]c3=O)cc2)c1.[Na+]. The van der Waals surface area contributed by atoms with Crippen molar-refractivity contribution in [2.45, 2.75) is 26.8 Å². The molecule has 0 fully saturated rings. The van der Waals surface area contributed by atoms with E-state index in [-0.39, 0.29) is 36.1 Å². The van der Waals surface area contributed by atoms with E-state index in [0.29, 0.717) is 6.61 Å². The average molecular weight is 438 g/mol. The van der Waals surface area contributed by atoms with Crippen LogP contribution in [0.25, 0.3) is 11.1 Å². The van der Waals surface area contributed by atoms with Crippen LogP contribution in [-0.4, -0.2) is 11.3 Å². The number of benzene rings is 3. The van der Waals surface area contributed by atoms with Gasteiger partial charge in [-0.1, -0.05) is 54.6 Å². The number of hydrogen-bond acceptors (Lipinski definition) is 4. The van der Waals surface area contributed by atoms with Gasteiger partial charge in [0.2, 0.25) is 0 Å². The molecule has 1 heterocycles. The first-order chi connectivity index (χ1) is 15.0. The molecule has 0 aliphatic heterocycles. The standard InChI is InChI=1S/C25H24N2O4.Na/c1-17-5-3-6-18(2)23(17)21-8-4-7-19(15-21)13-14-30-22-11-9-20(10-12-22)16-27-24(28)26-25(29)31-27;/h3-12,15H,13-14,16H2,1-2H3,(H,26,28,29);/q;+1/p-1. The van der Waals surface area contributed by atoms with Gasteiger partial charge in [0, 0.05) is 13.0 Å². The van der Waals surface area contributed by atoms with Crippen molar-refractivity contribution in [1.82, 2.24) is 9.72 Å². The summed E-state index contributed by atoms with van der Waals surface area (Å²) >= 11 is 0. The molecule has 32 heavy (non-hydrogen) atoms. The molecular weight excluding hydrogens is 415 g/mol. The topological polar surface area (TPSA) is 75.5 Å². The second-order valence-corrected chi connectivity index (χ2v) is 7.50. The van der Waals surface area contributed by atoms with Gasteiger partial charge in [0.1, 0.15) is 5.75 Å². The minimum absolute atomic E-state index is 0. The molecule has 3 aromatic carbocycles. The van der Waals surface area contributed by atoms with Crippen molar-refractivity contribution in [2.24, 2.45) is 0 Å². The van der Waals surface area contributed by atoms with E-state index < -0.39 is 11.4 Å². The van der Waals surface area contributed by atoms with Crippen molar-refractivity contribution >= 4 is 0 Å². The number of aromatic nitrogens is 2. The van der Waals surface area contributed by atoms with Gasteiger partial charge >= 0.3 is 35.3 Å². The zero-order valence-corrected chi connectivity index (χ0v) is 20.5. The molecule has 0 N–H and O–H groups in total. The van der Waals surface area contributed by atoms with E-state index >= 15 is 0 Å².